The van der Waals surface area contributed by atoms with Crippen LogP contribution in [0.2, 0.25) is 0 Å². The summed E-state index contributed by atoms with van der Waals surface area (Å²) in [4.78, 5) is 22.7. The van der Waals surface area contributed by atoms with Crippen LogP contribution in [-0.2, 0) is 4.79 Å². The molecule has 0 saturated carbocycles. The van der Waals surface area contributed by atoms with Gasteiger partial charge in [-0.05, 0) is 18.1 Å². The summed E-state index contributed by atoms with van der Waals surface area (Å²) in [5.74, 6) is -1.06. The molecule has 5 heteroatoms. The van der Waals surface area contributed by atoms with E-state index in [0.717, 1.165) is 0 Å². The molecular formula is C14H15NO4. The highest BCUT2D eigenvalue weighted by atomic mass is 16.4. The largest absolute Gasteiger partial charge is 0.480 e. The van der Waals surface area contributed by atoms with Gasteiger partial charge in [-0.15, -0.1) is 0 Å². The first-order valence-electron chi connectivity index (χ1n) is 6.01. The van der Waals surface area contributed by atoms with Gasteiger partial charge < -0.3 is 14.8 Å². The van der Waals surface area contributed by atoms with Crippen LogP contribution in [0.15, 0.2) is 39.5 Å². The molecule has 1 aromatic heterocycles. The number of fused-ring (bicyclic) bond motifs is 1. The van der Waals surface area contributed by atoms with E-state index < -0.39 is 17.6 Å². The summed E-state index contributed by atoms with van der Waals surface area (Å²) in [6.07, 6.45) is 0. The van der Waals surface area contributed by atoms with Crippen molar-refractivity contribution in [2.24, 2.45) is 5.92 Å². The van der Waals surface area contributed by atoms with E-state index in [9.17, 15) is 14.7 Å². The highest BCUT2D eigenvalue weighted by Gasteiger charge is 2.22. The molecule has 0 radical (unpaired) electrons. The Morgan fingerprint density at radius 2 is 2.00 bits per heavy atom. The molecule has 1 heterocycles. The summed E-state index contributed by atoms with van der Waals surface area (Å²) in [6, 6.07) is 7.53. The fourth-order valence-corrected chi connectivity index (χ4v) is 1.91. The SMILES string of the molecule is CC(C)C(Nc1cc(=O)oc2ccccc12)C(=O)O. The van der Waals surface area contributed by atoms with Crippen molar-refractivity contribution in [3.8, 4) is 0 Å². The molecule has 0 saturated heterocycles. The van der Waals surface area contributed by atoms with Crippen LogP contribution in [0.4, 0.5) is 5.69 Å². The number of nitrogens with one attached hydrogen (secondary N) is 1. The van der Waals surface area contributed by atoms with Crippen molar-refractivity contribution in [2.75, 3.05) is 5.32 Å². The average molecular weight is 261 g/mol. The Hall–Kier alpha value is -2.30. The first-order chi connectivity index (χ1) is 8.99. The number of carboxylic acid groups (broad SMARTS) is 1. The molecule has 0 aliphatic heterocycles. The molecular weight excluding hydrogens is 246 g/mol. The molecule has 0 bridgehead atoms. The highest BCUT2D eigenvalue weighted by Crippen LogP contribution is 2.23. The monoisotopic (exact) mass is 261 g/mol. The molecule has 2 aromatic rings. The maximum atomic E-state index is 11.5. The second-order valence-electron chi connectivity index (χ2n) is 4.68. The van der Waals surface area contributed by atoms with Gasteiger partial charge in [0.05, 0.1) is 5.69 Å². The first kappa shape index (κ1) is 13.1. The summed E-state index contributed by atoms with van der Waals surface area (Å²) in [5, 5.41) is 12.8. The van der Waals surface area contributed by atoms with Crippen LogP contribution < -0.4 is 10.9 Å². The van der Waals surface area contributed by atoms with Crippen molar-refractivity contribution in [2.45, 2.75) is 19.9 Å². The number of hydrogen-bond donors (Lipinski definition) is 2. The minimum atomic E-state index is -0.952. The van der Waals surface area contributed by atoms with Gasteiger partial charge in [0.15, 0.2) is 0 Å². The third-order valence-corrected chi connectivity index (χ3v) is 2.89. The second-order valence-corrected chi connectivity index (χ2v) is 4.68. The molecule has 0 aliphatic carbocycles. The van der Waals surface area contributed by atoms with Crippen LogP contribution >= 0.6 is 0 Å². The number of carboxylic acids is 1. The summed E-state index contributed by atoms with van der Waals surface area (Å²) in [5.41, 5.74) is 0.410. The zero-order chi connectivity index (χ0) is 14.0. The number of anilines is 1. The quantitative estimate of drug-likeness (QED) is 0.825. The van der Waals surface area contributed by atoms with Crippen molar-refractivity contribution < 1.29 is 14.3 Å². The lowest BCUT2D eigenvalue weighted by molar-refractivity contribution is -0.138. The average Bonchev–Trinajstić information content (AvgIpc) is 2.34. The second kappa shape index (κ2) is 5.14. The van der Waals surface area contributed by atoms with Crippen LogP contribution in [-0.4, -0.2) is 17.1 Å². The third kappa shape index (κ3) is 2.76. The van der Waals surface area contributed by atoms with Gasteiger partial charge in [-0.1, -0.05) is 26.0 Å². The molecule has 100 valence electrons. The van der Waals surface area contributed by atoms with Gasteiger partial charge in [0, 0.05) is 11.5 Å². The third-order valence-electron chi connectivity index (χ3n) is 2.89. The molecule has 0 aliphatic rings. The molecule has 0 spiro atoms. The zero-order valence-electron chi connectivity index (χ0n) is 10.7. The van der Waals surface area contributed by atoms with Gasteiger partial charge in [0.25, 0.3) is 0 Å². The maximum absolute atomic E-state index is 11.5. The van der Waals surface area contributed by atoms with E-state index in [1.807, 2.05) is 0 Å². The number of carbonyl (C=O) groups is 1. The number of para-hydroxylation sites is 1. The number of hydrogen-bond acceptors (Lipinski definition) is 4. The fraction of sp³-hybridized carbons (Fsp3) is 0.286. The van der Waals surface area contributed by atoms with Crippen molar-refractivity contribution in [3.63, 3.8) is 0 Å². The summed E-state index contributed by atoms with van der Waals surface area (Å²) < 4.78 is 5.06. The molecule has 0 amide bonds. The van der Waals surface area contributed by atoms with Crippen LogP contribution in [0.5, 0.6) is 0 Å². The summed E-state index contributed by atoms with van der Waals surface area (Å²) in [7, 11) is 0. The fourth-order valence-electron chi connectivity index (χ4n) is 1.91. The van der Waals surface area contributed by atoms with E-state index in [1.165, 1.54) is 6.07 Å². The van der Waals surface area contributed by atoms with Gasteiger partial charge in [0.1, 0.15) is 11.6 Å². The molecule has 19 heavy (non-hydrogen) atoms. The smallest absolute Gasteiger partial charge is 0.338 e. The number of rotatable bonds is 4. The van der Waals surface area contributed by atoms with E-state index >= 15 is 0 Å². The van der Waals surface area contributed by atoms with E-state index in [1.54, 1.807) is 38.1 Å². The van der Waals surface area contributed by atoms with E-state index in [0.29, 0.717) is 16.7 Å². The standard InChI is InChI=1S/C14H15NO4/c1-8(2)13(14(17)18)15-10-7-12(16)19-11-6-4-3-5-9(10)11/h3-8,13,15H,1-2H3,(H,17,18). The van der Waals surface area contributed by atoms with E-state index in [2.05, 4.69) is 5.32 Å². The van der Waals surface area contributed by atoms with Crippen molar-refractivity contribution in [1.82, 2.24) is 0 Å². The Balaban J connectivity index is 2.50. The lowest BCUT2D eigenvalue weighted by atomic mass is 10.0. The Morgan fingerprint density at radius 1 is 1.32 bits per heavy atom. The van der Waals surface area contributed by atoms with Crippen LogP contribution in [0.3, 0.4) is 0 Å². The minimum Gasteiger partial charge on any atom is -0.480 e. The Morgan fingerprint density at radius 3 is 2.63 bits per heavy atom. The van der Waals surface area contributed by atoms with Crippen LogP contribution in [0.1, 0.15) is 13.8 Å². The normalized spacial score (nSPS) is 12.6. The number of benzene rings is 1. The van der Waals surface area contributed by atoms with Crippen molar-refractivity contribution in [1.29, 1.82) is 0 Å². The lowest BCUT2D eigenvalue weighted by Crippen LogP contribution is -2.34. The summed E-state index contributed by atoms with van der Waals surface area (Å²) >= 11 is 0. The van der Waals surface area contributed by atoms with Crippen LogP contribution in [0, 0.1) is 5.92 Å². The van der Waals surface area contributed by atoms with E-state index in [4.69, 9.17) is 4.42 Å². The lowest BCUT2D eigenvalue weighted by Gasteiger charge is -2.19. The maximum Gasteiger partial charge on any atom is 0.338 e. The van der Waals surface area contributed by atoms with Gasteiger partial charge in [-0.25, -0.2) is 9.59 Å². The summed E-state index contributed by atoms with van der Waals surface area (Å²) in [6.45, 7) is 3.61. The van der Waals surface area contributed by atoms with Gasteiger partial charge >= 0.3 is 11.6 Å². The predicted octanol–water partition coefficient (Wildman–Crippen LogP) is 2.31. The van der Waals surface area contributed by atoms with Crippen molar-refractivity contribution in [3.05, 3.63) is 40.8 Å². The van der Waals surface area contributed by atoms with Crippen LogP contribution in [0.25, 0.3) is 11.0 Å². The highest BCUT2D eigenvalue weighted by molar-refractivity contribution is 5.91. The Labute approximate surface area is 109 Å². The molecule has 1 atom stereocenters. The Bertz CT molecular complexity index is 660. The molecule has 1 unspecified atom stereocenters. The molecule has 2 N–H and O–H groups in total. The molecule has 1 aromatic carbocycles. The van der Waals surface area contributed by atoms with Gasteiger partial charge in [0.2, 0.25) is 0 Å². The Kier molecular flexibility index (Phi) is 3.55. The van der Waals surface area contributed by atoms with E-state index in [-0.39, 0.29) is 5.92 Å². The predicted molar refractivity (Wildman–Crippen MR) is 72.4 cm³/mol. The van der Waals surface area contributed by atoms with Gasteiger partial charge in [-0.3, -0.25) is 0 Å². The van der Waals surface area contributed by atoms with Crippen molar-refractivity contribution >= 4 is 22.6 Å². The minimum absolute atomic E-state index is 0.108. The molecule has 5 nitrogen and oxygen atoms in total. The molecule has 0 fully saturated rings. The molecule has 2 rings (SSSR count). The topological polar surface area (TPSA) is 79.5 Å². The van der Waals surface area contributed by atoms with Gasteiger partial charge in [-0.2, -0.15) is 0 Å². The zero-order valence-corrected chi connectivity index (χ0v) is 10.7. The number of aliphatic carboxylic acids is 1. The first-order valence-corrected chi connectivity index (χ1v) is 6.01.